The minimum Gasteiger partial charge on any atom is -0.345 e. The summed E-state index contributed by atoms with van der Waals surface area (Å²) in [6, 6.07) is -0.0682. The van der Waals surface area contributed by atoms with E-state index in [-0.39, 0.29) is 30.4 Å². The van der Waals surface area contributed by atoms with Crippen molar-refractivity contribution in [2.24, 2.45) is 0 Å². The van der Waals surface area contributed by atoms with Crippen molar-refractivity contribution < 1.29 is 9.59 Å². The Kier molecular flexibility index (Phi) is 3.97. The van der Waals surface area contributed by atoms with Crippen LogP contribution in [0.5, 0.6) is 0 Å². The van der Waals surface area contributed by atoms with E-state index in [9.17, 15) is 9.59 Å². The van der Waals surface area contributed by atoms with Gasteiger partial charge in [0, 0.05) is 11.3 Å². The van der Waals surface area contributed by atoms with Gasteiger partial charge in [0.1, 0.15) is 6.04 Å². The Morgan fingerprint density at radius 1 is 1.29 bits per heavy atom. The second-order valence-electron chi connectivity index (χ2n) is 4.82. The van der Waals surface area contributed by atoms with Crippen molar-refractivity contribution in [3.05, 3.63) is 0 Å². The van der Waals surface area contributed by atoms with E-state index in [4.69, 9.17) is 0 Å². The van der Waals surface area contributed by atoms with Crippen LogP contribution in [0, 0.1) is 0 Å². The van der Waals surface area contributed by atoms with E-state index in [2.05, 4.69) is 11.6 Å². The standard InChI is InChI=1S/C12H20N2O2S/c1-8-12(16)13-7-11(15)14(8)9-5-3-4-6-10(9)17-2/h8-10H,3-7H2,1-2H3,(H,13,16). The molecule has 1 N–H and O–H groups in total. The van der Waals surface area contributed by atoms with Crippen molar-refractivity contribution in [1.82, 2.24) is 10.2 Å². The minimum absolute atomic E-state index is 0.0185. The first kappa shape index (κ1) is 12.7. The van der Waals surface area contributed by atoms with Gasteiger partial charge >= 0.3 is 0 Å². The summed E-state index contributed by atoms with van der Waals surface area (Å²) < 4.78 is 0. The van der Waals surface area contributed by atoms with Crippen molar-refractivity contribution in [2.45, 2.75) is 49.9 Å². The Morgan fingerprint density at radius 3 is 2.71 bits per heavy atom. The van der Waals surface area contributed by atoms with Crippen LogP contribution in [-0.4, -0.2) is 46.8 Å². The van der Waals surface area contributed by atoms with E-state index in [1.54, 1.807) is 0 Å². The predicted molar refractivity (Wildman–Crippen MR) is 68.9 cm³/mol. The lowest BCUT2D eigenvalue weighted by molar-refractivity contribution is -0.148. The highest BCUT2D eigenvalue weighted by Gasteiger charge is 2.39. The summed E-state index contributed by atoms with van der Waals surface area (Å²) in [5.74, 6) is 0.0538. The summed E-state index contributed by atoms with van der Waals surface area (Å²) in [5, 5.41) is 3.13. The number of rotatable bonds is 2. The quantitative estimate of drug-likeness (QED) is 0.802. The zero-order valence-corrected chi connectivity index (χ0v) is 11.3. The average Bonchev–Trinajstić information content (AvgIpc) is 2.35. The smallest absolute Gasteiger partial charge is 0.242 e. The molecule has 1 saturated heterocycles. The molecule has 4 nitrogen and oxygen atoms in total. The molecule has 1 aliphatic heterocycles. The van der Waals surface area contributed by atoms with Crippen LogP contribution in [0.15, 0.2) is 0 Å². The maximum absolute atomic E-state index is 12.0. The van der Waals surface area contributed by atoms with E-state index in [0.29, 0.717) is 5.25 Å². The number of carbonyl (C=O) groups excluding carboxylic acids is 2. The van der Waals surface area contributed by atoms with Crippen molar-refractivity contribution in [3.8, 4) is 0 Å². The third-order valence-electron chi connectivity index (χ3n) is 3.83. The number of hydrogen-bond acceptors (Lipinski definition) is 3. The van der Waals surface area contributed by atoms with Crippen molar-refractivity contribution in [3.63, 3.8) is 0 Å². The van der Waals surface area contributed by atoms with Gasteiger partial charge in [-0.2, -0.15) is 11.8 Å². The van der Waals surface area contributed by atoms with E-state index < -0.39 is 0 Å². The van der Waals surface area contributed by atoms with Gasteiger partial charge < -0.3 is 10.2 Å². The number of nitrogens with one attached hydrogen (secondary N) is 1. The first-order valence-electron chi connectivity index (χ1n) is 6.27. The molecule has 1 heterocycles. The molecule has 3 unspecified atom stereocenters. The van der Waals surface area contributed by atoms with Crippen LogP contribution in [-0.2, 0) is 9.59 Å². The van der Waals surface area contributed by atoms with Gasteiger partial charge in [-0.05, 0) is 26.0 Å². The third-order valence-corrected chi connectivity index (χ3v) is 4.98. The maximum atomic E-state index is 12.0. The number of amides is 2. The zero-order valence-electron chi connectivity index (χ0n) is 10.4. The molecule has 0 aromatic carbocycles. The number of carbonyl (C=O) groups is 2. The zero-order chi connectivity index (χ0) is 12.4. The molecule has 0 radical (unpaired) electrons. The van der Waals surface area contributed by atoms with Crippen LogP contribution in [0.1, 0.15) is 32.6 Å². The van der Waals surface area contributed by atoms with E-state index >= 15 is 0 Å². The molecule has 2 rings (SSSR count). The minimum atomic E-state index is -0.311. The molecular weight excluding hydrogens is 236 g/mol. The fraction of sp³-hybridized carbons (Fsp3) is 0.833. The number of nitrogens with zero attached hydrogens (tertiary/aromatic N) is 1. The van der Waals surface area contributed by atoms with Gasteiger partial charge in [0.2, 0.25) is 11.8 Å². The van der Waals surface area contributed by atoms with Crippen molar-refractivity contribution in [2.75, 3.05) is 12.8 Å². The summed E-state index contributed by atoms with van der Waals surface area (Å²) in [6.07, 6.45) is 6.70. The molecule has 1 aliphatic carbocycles. The molecule has 2 aliphatic rings. The van der Waals surface area contributed by atoms with Gasteiger partial charge in [0.05, 0.1) is 6.54 Å². The highest BCUT2D eigenvalue weighted by Crippen LogP contribution is 2.32. The largest absolute Gasteiger partial charge is 0.345 e. The normalized spacial score (nSPS) is 34.7. The van der Waals surface area contributed by atoms with E-state index in [1.165, 1.54) is 12.8 Å². The lowest BCUT2D eigenvalue weighted by atomic mass is 9.92. The summed E-state index contributed by atoms with van der Waals surface area (Å²) in [7, 11) is 0. The van der Waals surface area contributed by atoms with Gasteiger partial charge in [0.15, 0.2) is 0 Å². The number of piperazine rings is 1. The topological polar surface area (TPSA) is 49.4 Å². The molecular formula is C12H20N2O2S. The molecule has 2 amide bonds. The second-order valence-corrected chi connectivity index (χ2v) is 5.90. The third kappa shape index (κ3) is 2.44. The van der Waals surface area contributed by atoms with E-state index in [0.717, 1.165) is 12.8 Å². The Bertz CT molecular complexity index is 322. The van der Waals surface area contributed by atoms with Gasteiger partial charge in [0.25, 0.3) is 0 Å². The molecule has 1 saturated carbocycles. The molecule has 0 aromatic rings. The van der Waals surface area contributed by atoms with Crippen LogP contribution < -0.4 is 5.32 Å². The van der Waals surface area contributed by atoms with Crippen LogP contribution in [0.4, 0.5) is 0 Å². The highest BCUT2D eigenvalue weighted by atomic mass is 32.2. The fourth-order valence-corrected chi connectivity index (χ4v) is 3.87. The SMILES string of the molecule is CSC1CCCCC1N1C(=O)CNC(=O)C1C. The molecule has 0 spiro atoms. The van der Waals surface area contributed by atoms with Gasteiger partial charge in [-0.25, -0.2) is 0 Å². The molecule has 2 fully saturated rings. The first-order chi connectivity index (χ1) is 8.15. The van der Waals surface area contributed by atoms with Gasteiger partial charge in [-0.1, -0.05) is 12.8 Å². The predicted octanol–water partition coefficient (Wildman–Crippen LogP) is 1.01. The first-order valence-corrected chi connectivity index (χ1v) is 7.55. The Balaban J connectivity index is 2.17. The molecule has 5 heteroatoms. The summed E-state index contributed by atoms with van der Waals surface area (Å²) in [6.45, 7) is 2.00. The molecule has 0 bridgehead atoms. The highest BCUT2D eigenvalue weighted by molar-refractivity contribution is 7.99. The maximum Gasteiger partial charge on any atom is 0.242 e. The van der Waals surface area contributed by atoms with Gasteiger partial charge in [-0.15, -0.1) is 0 Å². The Labute approximate surface area is 106 Å². The van der Waals surface area contributed by atoms with Crippen molar-refractivity contribution >= 4 is 23.6 Å². The molecule has 3 atom stereocenters. The lowest BCUT2D eigenvalue weighted by Gasteiger charge is -2.44. The van der Waals surface area contributed by atoms with Crippen LogP contribution in [0.3, 0.4) is 0 Å². The Morgan fingerprint density at radius 2 is 2.00 bits per heavy atom. The molecule has 0 aromatic heterocycles. The number of thioether (sulfide) groups is 1. The summed E-state index contributed by atoms with van der Waals surface area (Å²) in [5.41, 5.74) is 0. The second kappa shape index (κ2) is 5.29. The fourth-order valence-electron chi connectivity index (χ4n) is 2.89. The van der Waals surface area contributed by atoms with Crippen LogP contribution in [0.25, 0.3) is 0 Å². The van der Waals surface area contributed by atoms with Crippen molar-refractivity contribution in [1.29, 1.82) is 0 Å². The average molecular weight is 256 g/mol. The van der Waals surface area contributed by atoms with E-state index in [1.807, 2.05) is 23.6 Å². The monoisotopic (exact) mass is 256 g/mol. The molecule has 96 valence electrons. The van der Waals surface area contributed by atoms with Crippen LogP contribution >= 0.6 is 11.8 Å². The Hall–Kier alpha value is -0.710. The van der Waals surface area contributed by atoms with Crippen LogP contribution in [0.2, 0.25) is 0 Å². The summed E-state index contributed by atoms with van der Waals surface area (Å²) >= 11 is 1.83. The lowest BCUT2D eigenvalue weighted by Crippen LogP contribution is -2.62. The van der Waals surface area contributed by atoms with Gasteiger partial charge in [-0.3, -0.25) is 9.59 Å². The summed E-state index contributed by atoms with van der Waals surface area (Å²) in [4.78, 5) is 25.5. The molecule has 17 heavy (non-hydrogen) atoms. The number of hydrogen-bond donors (Lipinski definition) is 1.